The molecule has 0 heterocycles. The molecular formula is C20H38O4. The molecule has 0 radical (unpaired) electrons. The molecule has 0 fully saturated rings. The van der Waals surface area contributed by atoms with Crippen molar-refractivity contribution in [3.8, 4) is 0 Å². The zero-order chi connectivity index (χ0) is 18.2. The Labute approximate surface area is 148 Å². The highest BCUT2D eigenvalue weighted by Crippen LogP contribution is 2.14. The first-order chi connectivity index (χ1) is 11.5. The summed E-state index contributed by atoms with van der Waals surface area (Å²) in [7, 11) is 0. The van der Waals surface area contributed by atoms with E-state index >= 15 is 0 Å². The van der Waals surface area contributed by atoms with Gasteiger partial charge in [0.05, 0.1) is 0 Å². The average Bonchev–Trinajstić information content (AvgIpc) is 2.55. The molecule has 0 aliphatic carbocycles. The number of hydrogen-bond acceptors (Lipinski definition) is 4. The van der Waals surface area contributed by atoms with E-state index < -0.39 is 0 Å². The lowest BCUT2D eigenvalue weighted by Crippen LogP contribution is -2.25. The molecule has 4 heteroatoms. The summed E-state index contributed by atoms with van der Waals surface area (Å²) in [5.74, 6) is -0.268. The van der Waals surface area contributed by atoms with E-state index in [0.29, 0.717) is 19.3 Å². The number of ether oxygens (including phenoxy) is 2. The zero-order valence-electron chi connectivity index (χ0n) is 16.3. The average molecular weight is 343 g/mol. The van der Waals surface area contributed by atoms with Gasteiger partial charge in [-0.1, -0.05) is 59.3 Å². The Bertz CT molecular complexity index is 328. The van der Waals surface area contributed by atoms with Crippen LogP contribution in [0.25, 0.3) is 0 Å². The summed E-state index contributed by atoms with van der Waals surface area (Å²) in [4.78, 5) is 23.6. The van der Waals surface area contributed by atoms with Gasteiger partial charge in [-0.2, -0.15) is 0 Å². The van der Waals surface area contributed by atoms with Gasteiger partial charge in [-0.25, -0.2) is 0 Å². The summed E-state index contributed by atoms with van der Waals surface area (Å²) >= 11 is 0. The minimum atomic E-state index is -0.207. The van der Waals surface area contributed by atoms with Crippen molar-refractivity contribution in [2.75, 3.05) is 0 Å². The third kappa shape index (κ3) is 13.4. The predicted molar refractivity (Wildman–Crippen MR) is 97.9 cm³/mol. The summed E-state index contributed by atoms with van der Waals surface area (Å²) in [6.45, 7) is 8.17. The van der Waals surface area contributed by atoms with Crippen molar-refractivity contribution in [3.63, 3.8) is 0 Å². The van der Waals surface area contributed by atoms with Crippen LogP contribution in [0.1, 0.15) is 105 Å². The summed E-state index contributed by atoms with van der Waals surface area (Å²) in [6, 6.07) is 0. The van der Waals surface area contributed by atoms with Gasteiger partial charge >= 0.3 is 11.9 Å². The van der Waals surface area contributed by atoms with E-state index in [4.69, 9.17) is 9.47 Å². The number of unbranched alkanes of at least 4 members (excludes halogenated alkanes) is 6. The van der Waals surface area contributed by atoms with Crippen molar-refractivity contribution in [1.82, 2.24) is 0 Å². The molecule has 2 unspecified atom stereocenters. The molecule has 4 nitrogen and oxygen atoms in total. The summed E-state index contributed by atoms with van der Waals surface area (Å²) in [5, 5.41) is 0. The number of carbonyl (C=O) groups is 2. The molecule has 0 bridgehead atoms. The topological polar surface area (TPSA) is 52.6 Å². The second-order valence-corrected chi connectivity index (χ2v) is 6.68. The van der Waals surface area contributed by atoms with E-state index in [2.05, 4.69) is 13.8 Å². The van der Waals surface area contributed by atoms with Crippen LogP contribution in [0, 0.1) is 0 Å². The maximum atomic E-state index is 11.9. The molecule has 142 valence electrons. The largest absolute Gasteiger partial charge is 0.463 e. The third-order valence-corrected chi connectivity index (χ3v) is 4.15. The quantitative estimate of drug-likeness (QED) is 0.288. The highest BCUT2D eigenvalue weighted by molar-refractivity contribution is 5.70. The van der Waals surface area contributed by atoms with Crippen LogP contribution in [0.5, 0.6) is 0 Å². The minimum Gasteiger partial charge on any atom is -0.463 e. The fourth-order valence-electron chi connectivity index (χ4n) is 2.64. The number of carbonyl (C=O) groups excluding carboxylic acids is 2. The van der Waals surface area contributed by atoms with Crippen LogP contribution >= 0.6 is 0 Å². The molecule has 0 aromatic rings. The van der Waals surface area contributed by atoms with Gasteiger partial charge in [0, 0.05) is 19.3 Å². The lowest BCUT2D eigenvalue weighted by Gasteiger charge is -2.20. The van der Waals surface area contributed by atoms with Crippen LogP contribution in [-0.2, 0) is 19.1 Å². The second kappa shape index (κ2) is 15.5. The maximum absolute atomic E-state index is 11.9. The van der Waals surface area contributed by atoms with Crippen molar-refractivity contribution in [1.29, 1.82) is 0 Å². The van der Waals surface area contributed by atoms with Gasteiger partial charge in [0.1, 0.15) is 12.2 Å². The van der Waals surface area contributed by atoms with Crippen molar-refractivity contribution >= 4 is 11.9 Å². The molecule has 0 aliphatic rings. The normalized spacial score (nSPS) is 13.3. The number of rotatable bonds is 15. The van der Waals surface area contributed by atoms with E-state index in [0.717, 1.165) is 57.8 Å². The van der Waals surface area contributed by atoms with Crippen LogP contribution < -0.4 is 0 Å². The molecule has 0 N–H and O–H groups in total. The first kappa shape index (κ1) is 22.9. The van der Waals surface area contributed by atoms with Crippen molar-refractivity contribution < 1.29 is 19.1 Å². The van der Waals surface area contributed by atoms with Gasteiger partial charge in [0.15, 0.2) is 0 Å². The second-order valence-electron chi connectivity index (χ2n) is 6.68. The van der Waals surface area contributed by atoms with Gasteiger partial charge in [-0.3, -0.25) is 9.59 Å². The standard InChI is InChI=1S/C20H38O4/c1-5-8-10-12-14-19(21)23-17(4)16-18(7-3)24-20(22)15-13-11-9-6-2/h17-18H,5-16H2,1-4H3. The molecular weight excluding hydrogens is 304 g/mol. The molecule has 0 rings (SSSR count). The molecule has 2 atom stereocenters. The van der Waals surface area contributed by atoms with Crippen molar-refractivity contribution in [2.45, 2.75) is 117 Å². The SMILES string of the molecule is CCCCCCC(=O)OC(C)CC(CC)OC(=O)CCCCCC. The Hall–Kier alpha value is -1.06. The summed E-state index contributed by atoms with van der Waals surface area (Å²) in [6.07, 6.45) is 10.5. The van der Waals surface area contributed by atoms with Gasteiger partial charge < -0.3 is 9.47 Å². The number of hydrogen-bond donors (Lipinski definition) is 0. The van der Waals surface area contributed by atoms with Gasteiger partial charge in [-0.15, -0.1) is 0 Å². The van der Waals surface area contributed by atoms with Gasteiger partial charge in [-0.05, 0) is 26.2 Å². The van der Waals surface area contributed by atoms with Crippen molar-refractivity contribution in [2.24, 2.45) is 0 Å². The zero-order valence-corrected chi connectivity index (χ0v) is 16.3. The van der Waals surface area contributed by atoms with E-state index in [1.54, 1.807) is 0 Å². The summed E-state index contributed by atoms with van der Waals surface area (Å²) in [5.41, 5.74) is 0. The van der Waals surface area contributed by atoms with Gasteiger partial charge in [0.2, 0.25) is 0 Å². The highest BCUT2D eigenvalue weighted by Gasteiger charge is 2.18. The first-order valence-electron chi connectivity index (χ1n) is 9.92. The predicted octanol–water partition coefficient (Wildman–Crippen LogP) is 5.57. The summed E-state index contributed by atoms with van der Waals surface area (Å²) < 4.78 is 10.9. The Balaban J connectivity index is 3.94. The Morgan fingerprint density at radius 3 is 1.71 bits per heavy atom. The smallest absolute Gasteiger partial charge is 0.306 e. The molecule has 0 saturated carbocycles. The fraction of sp³-hybridized carbons (Fsp3) is 0.900. The Morgan fingerprint density at radius 1 is 0.750 bits per heavy atom. The molecule has 0 aromatic heterocycles. The monoisotopic (exact) mass is 342 g/mol. The molecule has 0 amide bonds. The van der Waals surface area contributed by atoms with Crippen LogP contribution in [0.15, 0.2) is 0 Å². The third-order valence-electron chi connectivity index (χ3n) is 4.15. The molecule has 0 aliphatic heterocycles. The van der Waals surface area contributed by atoms with E-state index in [9.17, 15) is 9.59 Å². The van der Waals surface area contributed by atoms with Crippen LogP contribution in [-0.4, -0.2) is 24.1 Å². The molecule has 0 saturated heterocycles. The lowest BCUT2D eigenvalue weighted by atomic mass is 10.1. The molecule has 0 spiro atoms. The van der Waals surface area contributed by atoms with Gasteiger partial charge in [0.25, 0.3) is 0 Å². The Kier molecular flexibility index (Phi) is 14.8. The first-order valence-corrected chi connectivity index (χ1v) is 9.92. The number of esters is 2. The lowest BCUT2D eigenvalue weighted by molar-refractivity contribution is -0.155. The maximum Gasteiger partial charge on any atom is 0.306 e. The fourth-order valence-corrected chi connectivity index (χ4v) is 2.64. The van der Waals surface area contributed by atoms with Crippen LogP contribution in [0.4, 0.5) is 0 Å². The van der Waals surface area contributed by atoms with Crippen LogP contribution in [0.2, 0.25) is 0 Å². The van der Waals surface area contributed by atoms with E-state index in [1.165, 1.54) is 0 Å². The minimum absolute atomic E-state index is 0.129. The van der Waals surface area contributed by atoms with E-state index in [-0.39, 0.29) is 24.1 Å². The highest BCUT2D eigenvalue weighted by atomic mass is 16.6. The Morgan fingerprint density at radius 2 is 1.25 bits per heavy atom. The molecule has 24 heavy (non-hydrogen) atoms. The van der Waals surface area contributed by atoms with Crippen LogP contribution in [0.3, 0.4) is 0 Å². The molecule has 0 aromatic carbocycles. The van der Waals surface area contributed by atoms with E-state index in [1.807, 2.05) is 13.8 Å². The van der Waals surface area contributed by atoms with Crippen molar-refractivity contribution in [3.05, 3.63) is 0 Å².